The second-order valence-electron chi connectivity index (χ2n) is 3.75. The predicted molar refractivity (Wildman–Crippen MR) is 68.7 cm³/mol. The van der Waals surface area contributed by atoms with E-state index in [-0.39, 0.29) is 0 Å². The molecule has 0 bridgehead atoms. The van der Waals surface area contributed by atoms with E-state index in [4.69, 9.17) is 16.3 Å². The summed E-state index contributed by atoms with van der Waals surface area (Å²) in [6, 6.07) is 9.15. The number of carbonyl (C=O) groups is 1. The molecule has 0 fully saturated rings. The van der Waals surface area contributed by atoms with Crippen LogP contribution in [0.15, 0.2) is 36.5 Å². The standard InChI is InChI=1S/C13H13ClN2O2/c1-2-18-13(17)12-7-8-16(15-12)9-10-3-5-11(14)6-4-10/h3-8H,2,9H2,1H3. The van der Waals surface area contributed by atoms with Crippen LogP contribution in [0.1, 0.15) is 23.0 Å². The molecule has 94 valence electrons. The average molecular weight is 265 g/mol. The average Bonchev–Trinajstić information content (AvgIpc) is 2.81. The highest BCUT2D eigenvalue weighted by molar-refractivity contribution is 6.30. The number of esters is 1. The minimum absolute atomic E-state index is 0.325. The Morgan fingerprint density at radius 1 is 1.33 bits per heavy atom. The minimum Gasteiger partial charge on any atom is -0.461 e. The van der Waals surface area contributed by atoms with E-state index in [0.717, 1.165) is 5.56 Å². The zero-order chi connectivity index (χ0) is 13.0. The number of carbonyl (C=O) groups excluding carboxylic acids is 1. The van der Waals surface area contributed by atoms with Crippen molar-refractivity contribution in [3.63, 3.8) is 0 Å². The second-order valence-corrected chi connectivity index (χ2v) is 4.18. The Labute approximate surface area is 110 Å². The first kappa shape index (κ1) is 12.6. The summed E-state index contributed by atoms with van der Waals surface area (Å²) >= 11 is 5.81. The fourth-order valence-corrected chi connectivity index (χ4v) is 1.67. The fourth-order valence-electron chi connectivity index (χ4n) is 1.54. The molecule has 0 spiro atoms. The molecule has 0 amide bonds. The first-order valence-electron chi connectivity index (χ1n) is 5.64. The zero-order valence-corrected chi connectivity index (χ0v) is 10.7. The fraction of sp³-hybridized carbons (Fsp3) is 0.231. The van der Waals surface area contributed by atoms with E-state index >= 15 is 0 Å². The number of hydrogen-bond donors (Lipinski definition) is 0. The predicted octanol–water partition coefficient (Wildman–Crippen LogP) is 2.76. The van der Waals surface area contributed by atoms with E-state index in [9.17, 15) is 4.79 Å². The molecule has 1 heterocycles. The SMILES string of the molecule is CCOC(=O)c1ccn(Cc2ccc(Cl)cc2)n1. The molecule has 0 saturated heterocycles. The highest BCUT2D eigenvalue weighted by Gasteiger charge is 2.09. The van der Waals surface area contributed by atoms with Crippen LogP contribution in [0.4, 0.5) is 0 Å². The van der Waals surface area contributed by atoms with Crippen molar-refractivity contribution in [2.75, 3.05) is 6.61 Å². The van der Waals surface area contributed by atoms with Gasteiger partial charge in [0.15, 0.2) is 5.69 Å². The van der Waals surface area contributed by atoms with E-state index in [2.05, 4.69) is 5.10 Å². The van der Waals surface area contributed by atoms with Crippen LogP contribution in [0.3, 0.4) is 0 Å². The van der Waals surface area contributed by atoms with Crippen molar-refractivity contribution < 1.29 is 9.53 Å². The van der Waals surface area contributed by atoms with Crippen LogP contribution in [0, 0.1) is 0 Å². The Morgan fingerprint density at radius 3 is 2.72 bits per heavy atom. The van der Waals surface area contributed by atoms with Crippen molar-refractivity contribution >= 4 is 17.6 Å². The highest BCUT2D eigenvalue weighted by atomic mass is 35.5. The summed E-state index contributed by atoms with van der Waals surface area (Å²) in [5.74, 6) is -0.396. The quantitative estimate of drug-likeness (QED) is 0.798. The maximum Gasteiger partial charge on any atom is 0.358 e. The normalized spacial score (nSPS) is 10.3. The summed E-state index contributed by atoms with van der Waals surface area (Å²) in [6.45, 7) is 2.71. The Balaban J connectivity index is 2.06. The second kappa shape index (κ2) is 5.69. The van der Waals surface area contributed by atoms with Crippen molar-refractivity contribution in [3.8, 4) is 0 Å². The lowest BCUT2D eigenvalue weighted by Crippen LogP contribution is -2.07. The Bertz CT molecular complexity index is 534. The number of benzene rings is 1. The van der Waals surface area contributed by atoms with Gasteiger partial charge in [-0.05, 0) is 30.7 Å². The van der Waals surface area contributed by atoms with Gasteiger partial charge in [-0.1, -0.05) is 23.7 Å². The first-order valence-corrected chi connectivity index (χ1v) is 6.02. The molecule has 2 rings (SSSR count). The Morgan fingerprint density at radius 2 is 2.06 bits per heavy atom. The molecule has 2 aromatic rings. The smallest absolute Gasteiger partial charge is 0.358 e. The lowest BCUT2D eigenvalue weighted by molar-refractivity contribution is 0.0518. The van der Waals surface area contributed by atoms with E-state index in [1.54, 1.807) is 23.9 Å². The van der Waals surface area contributed by atoms with Crippen LogP contribution in [0.5, 0.6) is 0 Å². The molecule has 5 heteroatoms. The van der Waals surface area contributed by atoms with Gasteiger partial charge in [-0.25, -0.2) is 4.79 Å². The lowest BCUT2D eigenvalue weighted by Gasteiger charge is -2.02. The molecule has 0 radical (unpaired) electrons. The lowest BCUT2D eigenvalue weighted by atomic mass is 10.2. The zero-order valence-electron chi connectivity index (χ0n) is 9.97. The molecule has 0 N–H and O–H groups in total. The maximum atomic E-state index is 11.4. The molecule has 0 unspecified atom stereocenters. The Kier molecular flexibility index (Phi) is 3.99. The van der Waals surface area contributed by atoms with Gasteiger partial charge in [-0.2, -0.15) is 5.10 Å². The highest BCUT2D eigenvalue weighted by Crippen LogP contribution is 2.10. The third kappa shape index (κ3) is 3.11. The largest absolute Gasteiger partial charge is 0.461 e. The number of ether oxygens (including phenoxy) is 1. The molecule has 0 aliphatic heterocycles. The number of hydrogen-bond acceptors (Lipinski definition) is 3. The van der Waals surface area contributed by atoms with Crippen LogP contribution in [0.25, 0.3) is 0 Å². The van der Waals surface area contributed by atoms with Crippen molar-refractivity contribution in [1.82, 2.24) is 9.78 Å². The molecular formula is C13H13ClN2O2. The van der Waals surface area contributed by atoms with Gasteiger partial charge >= 0.3 is 5.97 Å². The van der Waals surface area contributed by atoms with E-state index in [1.165, 1.54) is 0 Å². The molecule has 0 aliphatic carbocycles. The summed E-state index contributed by atoms with van der Waals surface area (Å²) in [4.78, 5) is 11.4. The molecular weight excluding hydrogens is 252 g/mol. The number of aromatic nitrogens is 2. The van der Waals surface area contributed by atoms with Gasteiger partial charge in [0, 0.05) is 11.2 Å². The molecule has 4 nitrogen and oxygen atoms in total. The molecule has 1 aromatic carbocycles. The van der Waals surface area contributed by atoms with E-state index in [0.29, 0.717) is 23.9 Å². The monoisotopic (exact) mass is 264 g/mol. The first-order chi connectivity index (χ1) is 8.69. The minimum atomic E-state index is -0.396. The van der Waals surface area contributed by atoms with Crippen LogP contribution < -0.4 is 0 Å². The van der Waals surface area contributed by atoms with Crippen LogP contribution in [-0.2, 0) is 11.3 Å². The van der Waals surface area contributed by atoms with Gasteiger partial charge in [0.1, 0.15) is 0 Å². The number of rotatable bonds is 4. The van der Waals surface area contributed by atoms with E-state index < -0.39 is 5.97 Å². The van der Waals surface area contributed by atoms with Crippen molar-refractivity contribution in [1.29, 1.82) is 0 Å². The molecule has 18 heavy (non-hydrogen) atoms. The van der Waals surface area contributed by atoms with Crippen molar-refractivity contribution in [2.45, 2.75) is 13.5 Å². The number of nitrogens with zero attached hydrogens (tertiary/aromatic N) is 2. The summed E-state index contributed by atoms with van der Waals surface area (Å²) < 4.78 is 6.56. The van der Waals surface area contributed by atoms with Gasteiger partial charge in [-0.3, -0.25) is 4.68 Å². The van der Waals surface area contributed by atoms with Gasteiger partial charge in [0.05, 0.1) is 13.2 Å². The van der Waals surface area contributed by atoms with Crippen molar-refractivity contribution in [2.24, 2.45) is 0 Å². The summed E-state index contributed by atoms with van der Waals surface area (Å²) in [6.07, 6.45) is 1.75. The molecule has 1 aromatic heterocycles. The van der Waals surface area contributed by atoms with Gasteiger partial charge < -0.3 is 4.74 Å². The number of halogens is 1. The van der Waals surface area contributed by atoms with Crippen LogP contribution >= 0.6 is 11.6 Å². The van der Waals surface area contributed by atoms with Gasteiger partial charge in [-0.15, -0.1) is 0 Å². The van der Waals surface area contributed by atoms with Crippen molar-refractivity contribution in [3.05, 3.63) is 52.8 Å². The van der Waals surface area contributed by atoms with Crippen LogP contribution in [-0.4, -0.2) is 22.4 Å². The van der Waals surface area contributed by atoms with Gasteiger partial charge in [0.2, 0.25) is 0 Å². The third-order valence-corrected chi connectivity index (χ3v) is 2.64. The van der Waals surface area contributed by atoms with Crippen LogP contribution in [0.2, 0.25) is 5.02 Å². The summed E-state index contributed by atoms with van der Waals surface area (Å²) in [5, 5.41) is 4.86. The topological polar surface area (TPSA) is 44.1 Å². The molecule has 0 aliphatic rings. The van der Waals surface area contributed by atoms with E-state index in [1.807, 2.05) is 24.3 Å². The Hall–Kier alpha value is -1.81. The summed E-state index contributed by atoms with van der Waals surface area (Å²) in [7, 11) is 0. The third-order valence-electron chi connectivity index (χ3n) is 2.38. The molecule has 0 atom stereocenters. The molecule has 0 saturated carbocycles. The maximum absolute atomic E-state index is 11.4. The van der Waals surface area contributed by atoms with Gasteiger partial charge in [0.25, 0.3) is 0 Å². The summed E-state index contributed by atoms with van der Waals surface area (Å²) in [5.41, 5.74) is 1.39.